The number of benzene rings is 1. The highest BCUT2D eigenvalue weighted by Crippen LogP contribution is 2.21. The zero-order chi connectivity index (χ0) is 16.9. The third kappa shape index (κ3) is 3.73. The van der Waals surface area contributed by atoms with Crippen molar-refractivity contribution in [1.82, 2.24) is 4.98 Å². The van der Waals surface area contributed by atoms with Crippen LogP contribution in [0, 0.1) is 5.82 Å². The number of aromatic nitrogens is 1. The van der Waals surface area contributed by atoms with E-state index in [2.05, 4.69) is 24.8 Å². The van der Waals surface area contributed by atoms with Crippen molar-refractivity contribution in [3.8, 4) is 0 Å². The van der Waals surface area contributed by atoms with Gasteiger partial charge in [0.25, 0.3) is 0 Å². The first-order chi connectivity index (χ1) is 11.7. The van der Waals surface area contributed by atoms with Gasteiger partial charge in [-0.1, -0.05) is 0 Å². The number of carbonyl (C=O) groups is 1. The van der Waals surface area contributed by atoms with Gasteiger partial charge in [0.1, 0.15) is 11.6 Å². The van der Waals surface area contributed by atoms with Crippen LogP contribution >= 0.6 is 0 Å². The van der Waals surface area contributed by atoms with Crippen LogP contribution in [0.5, 0.6) is 0 Å². The summed E-state index contributed by atoms with van der Waals surface area (Å²) in [7, 11) is 1.31. The first kappa shape index (κ1) is 16.0. The molecule has 0 bridgehead atoms. The van der Waals surface area contributed by atoms with Crippen LogP contribution in [0.15, 0.2) is 42.6 Å². The molecule has 1 aromatic carbocycles. The van der Waals surface area contributed by atoms with E-state index in [1.54, 1.807) is 24.4 Å². The van der Waals surface area contributed by atoms with Gasteiger partial charge in [-0.2, -0.15) is 0 Å². The summed E-state index contributed by atoms with van der Waals surface area (Å²) in [6.07, 6.45) is 1.20. The maximum absolute atomic E-state index is 13.0. The number of amides is 1. The number of methoxy groups -OCH3 is 1. The third-order valence-corrected chi connectivity index (χ3v) is 4.00. The molecular weight excluding hydrogens is 311 g/mol. The molecule has 1 saturated heterocycles. The number of rotatable bonds is 3. The van der Waals surface area contributed by atoms with Gasteiger partial charge in [-0.15, -0.1) is 0 Å². The van der Waals surface area contributed by atoms with Gasteiger partial charge in [-0.25, -0.2) is 14.2 Å². The quantitative estimate of drug-likeness (QED) is 0.938. The maximum atomic E-state index is 13.0. The van der Waals surface area contributed by atoms with E-state index in [0.717, 1.165) is 37.6 Å². The molecule has 0 radical (unpaired) electrons. The van der Waals surface area contributed by atoms with Crippen molar-refractivity contribution in [3.63, 3.8) is 0 Å². The Hall–Kier alpha value is -2.83. The van der Waals surface area contributed by atoms with Gasteiger partial charge >= 0.3 is 6.09 Å². The molecular formula is C17H19FN4O2. The number of ether oxygens (including phenoxy) is 1. The van der Waals surface area contributed by atoms with Crippen LogP contribution in [0.25, 0.3) is 0 Å². The zero-order valence-corrected chi connectivity index (χ0v) is 13.4. The Bertz CT molecular complexity index is 683. The molecule has 0 saturated carbocycles. The van der Waals surface area contributed by atoms with Crippen molar-refractivity contribution in [2.75, 3.05) is 48.4 Å². The highest BCUT2D eigenvalue weighted by Gasteiger charge is 2.18. The zero-order valence-electron chi connectivity index (χ0n) is 13.4. The Balaban J connectivity index is 1.58. The molecule has 1 aliphatic heterocycles. The Morgan fingerprint density at radius 2 is 1.62 bits per heavy atom. The molecule has 0 aliphatic carbocycles. The highest BCUT2D eigenvalue weighted by molar-refractivity contribution is 5.83. The first-order valence-corrected chi connectivity index (χ1v) is 7.72. The number of hydrogen-bond donors (Lipinski definition) is 1. The molecule has 24 heavy (non-hydrogen) atoms. The smallest absolute Gasteiger partial charge is 0.412 e. The number of pyridine rings is 1. The molecule has 1 aromatic heterocycles. The summed E-state index contributed by atoms with van der Waals surface area (Å²) >= 11 is 0. The van der Waals surface area contributed by atoms with Gasteiger partial charge in [-0.05, 0) is 36.4 Å². The average Bonchev–Trinajstić information content (AvgIpc) is 2.63. The summed E-state index contributed by atoms with van der Waals surface area (Å²) in [6.45, 7) is 3.41. The summed E-state index contributed by atoms with van der Waals surface area (Å²) in [5.74, 6) is 0.236. The number of carbonyl (C=O) groups excluding carboxylic acids is 1. The second-order valence-corrected chi connectivity index (χ2v) is 5.47. The Morgan fingerprint density at radius 1 is 1.04 bits per heavy atom. The molecule has 3 rings (SSSR count). The molecule has 1 amide bonds. The van der Waals surface area contributed by atoms with Gasteiger partial charge in [0.15, 0.2) is 0 Å². The molecule has 2 aromatic rings. The molecule has 2 heterocycles. The number of hydrogen-bond acceptors (Lipinski definition) is 5. The SMILES string of the molecule is COC(=O)Nc1ccc(N2CCN(c3ccc(F)cc3)CC2)cn1. The van der Waals surface area contributed by atoms with E-state index >= 15 is 0 Å². The maximum Gasteiger partial charge on any atom is 0.412 e. The van der Waals surface area contributed by atoms with Crippen LogP contribution in [0.2, 0.25) is 0 Å². The molecule has 0 spiro atoms. The van der Waals surface area contributed by atoms with Crippen LogP contribution < -0.4 is 15.1 Å². The minimum Gasteiger partial charge on any atom is -0.453 e. The summed E-state index contributed by atoms with van der Waals surface area (Å²) in [5, 5.41) is 2.53. The topological polar surface area (TPSA) is 57.7 Å². The summed E-state index contributed by atoms with van der Waals surface area (Å²) in [6, 6.07) is 10.3. The lowest BCUT2D eigenvalue weighted by Gasteiger charge is -2.37. The van der Waals surface area contributed by atoms with Gasteiger partial charge in [0, 0.05) is 31.9 Å². The number of anilines is 3. The lowest BCUT2D eigenvalue weighted by atomic mass is 10.2. The second kappa shape index (κ2) is 7.16. The Morgan fingerprint density at radius 3 is 2.17 bits per heavy atom. The van der Waals surface area contributed by atoms with E-state index in [0.29, 0.717) is 5.82 Å². The number of piperazine rings is 1. The lowest BCUT2D eigenvalue weighted by molar-refractivity contribution is 0.187. The molecule has 1 N–H and O–H groups in total. The largest absolute Gasteiger partial charge is 0.453 e. The molecule has 1 aliphatic rings. The standard InChI is InChI=1S/C17H19FN4O2/c1-24-17(23)20-16-7-6-15(12-19-16)22-10-8-21(9-11-22)14-4-2-13(18)3-5-14/h2-7,12H,8-11H2,1H3,(H,19,20,23). The van der Waals surface area contributed by atoms with E-state index in [4.69, 9.17) is 0 Å². The van der Waals surface area contributed by atoms with E-state index < -0.39 is 6.09 Å². The van der Waals surface area contributed by atoms with Gasteiger partial charge in [0.05, 0.1) is 19.0 Å². The van der Waals surface area contributed by atoms with Crippen molar-refractivity contribution in [1.29, 1.82) is 0 Å². The van der Waals surface area contributed by atoms with Crippen molar-refractivity contribution < 1.29 is 13.9 Å². The fourth-order valence-corrected chi connectivity index (χ4v) is 2.68. The molecule has 1 fully saturated rings. The van der Waals surface area contributed by atoms with Gasteiger partial charge in [-0.3, -0.25) is 5.32 Å². The fourth-order valence-electron chi connectivity index (χ4n) is 2.68. The third-order valence-electron chi connectivity index (χ3n) is 4.00. The average molecular weight is 330 g/mol. The van der Waals surface area contributed by atoms with E-state index in [-0.39, 0.29) is 5.82 Å². The molecule has 7 heteroatoms. The Kier molecular flexibility index (Phi) is 4.79. The minimum atomic E-state index is -0.539. The fraction of sp³-hybridized carbons (Fsp3) is 0.294. The van der Waals surface area contributed by atoms with Crippen LogP contribution in [0.1, 0.15) is 0 Å². The second-order valence-electron chi connectivity index (χ2n) is 5.47. The lowest BCUT2D eigenvalue weighted by Crippen LogP contribution is -2.46. The summed E-state index contributed by atoms with van der Waals surface area (Å²) in [4.78, 5) is 19.8. The van der Waals surface area contributed by atoms with Gasteiger partial charge < -0.3 is 14.5 Å². The highest BCUT2D eigenvalue weighted by atomic mass is 19.1. The number of nitrogens with one attached hydrogen (secondary N) is 1. The molecule has 6 nitrogen and oxygen atoms in total. The van der Waals surface area contributed by atoms with Crippen molar-refractivity contribution in [2.45, 2.75) is 0 Å². The molecule has 0 atom stereocenters. The van der Waals surface area contributed by atoms with Crippen molar-refractivity contribution in [3.05, 3.63) is 48.4 Å². The summed E-state index contributed by atoms with van der Waals surface area (Å²) in [5.41, 5.74) is 2.04. The molecule has 126 valence electrons. The van der Waals surface area contributed by atoms with E-state index in [1.165, 1.54) is 19.2 Å². The first-order valence-electron chi connectivity index (χ1n) is 7.72. The van der Waals surface area contributed by atoms with Crippen molar-refractivity contribution in [2.24, 2.45) is 0 Å². The predicted molar refractivity (Wildman–Crippen MR) is 91.1 cm³/mol. The van der Waals surface area contributed by atoms with Crippen molar-refractivity contribution >= 4 is 23.3 Å². The summed E-state index contributed by atoms with van der Waals surface area (Å²) < 4.78 is 17.5. The number of halogens is 1. The molecule has 0 unspecified atom stereocenters. The predicted octanol–water partition coefficient (Wildman–Crippen LogP) is 2.73. The van der Waals surface area contributed by atoms with Crippen LogP contribution in [0.3, 0.4) is 0 Å². The minimum absolute atomic E-state index is 0.218. The van der Waals surface area contributed by atoms with Crippen LogP contribution in [-0.4, -0.2) is 44.4 Å². The normalized spacial score (nSPS) is 14.4. The van der Waals surface area contributed by atoms with Gasteiger partial charge in [0.2, 0.25) is 0 Å². The van der Waals surface area contributed by atoms with E-state index in [1.807, 2.05) is 6.07 Å². The number of nitrogens with zero attached hydrogens (tertiary/aromatic N) is 3. The monoisotopic (exact) mass is 330 g/mol. The van der Waals surface area contributed by atoms with Crippen LogP contribution in [0.4, 0.5) is 26.4 Å². The Labute approximate surface area is 139 Å². The van der Waals surface area contributed by atoms with Crippen LogP contribution in [-0.2, 0) is 4.74 Å². The van der Waals surface area contributed by atoms with E-state index in [9.17, 15) is 9.18 Å².